The predicted octanol–water partition coefficient (Wildman–Crippen LogP) is 3.12. The standard InChI is InChI=1S/C15H21N/c1-12-3-5-13(6-4-12)15(9-10-15)11-16(2)14-7-8-14/h3-6,14H,7-11H2,1-2H3. The summed E-state index contributed by atoms with van der Waals surface area (Å²) in [6, 6.07) is 10.1. The Morgan fingerprint density at radius 3 is 2.31 bits per heavy atom. The number of likely N-dealkylation sites (N-methyl/N-ethyl adjacent to an activating group) is 1. The Labute approximate surface area is 98.5 Å². The molecule has 0 bridgehead atoms. The Hall–Kier alpha value is -0.820. The van der Waals surface area contributed by atoms with Crippen molar-refractivity contribution >= 4 is 0 Å². The van der Waals surface area contributed by atoms with Crippen LogP contribution in [0.2, 0.25) is 0 Å². The third-order valence-corrected chi connectivity index (χ3v) is 4.24. The number of benzene rings is 1. The molecule has 0 unspecified atom stereocenters. The highest BCUT2D eigenvalue weighted by atomic mass is 15.2. The molecule has 0 aliphatic heterocycles. The first-order chi connectivity index (χ1) is 7.70. The summed E-state index contributed by atoms with van der Waals surface area (Å²) in [7, 11) is 2.30. The molecule has 2 aliphatic carbocycles. The molecule has 0 radical (unpaired) electrons. The molecule has 2 saturated carbocycles. The zero-order valence-corrected chi connectivity index (χ0v) is 10.4. The number of nitrogens with zero attached hydrogens (tertiary/aromatic N) is 1. The molecule has 1 heteroatoms. The van der Waals surface area contributed by atoms with Crippen molar-refractivity contribution in [3.05, 3.63) is 35.4 Å². The Bertz CT molecular complexity index is 371. The highest BCUT2D eigenvalue weighted by Crippen LogP contribution is 2.49. The molecule has 3 rings (SSSR count). The maximum Gasteiger partial charge on any atom is 0.00937 e. The lowest BCUT2D eigenvalue weighted by Gasteiger charge is -2.24. The van der Waals surface area contributed by atoms with Gasteiger partial charge in [-0.2, -0.15) is 0 Å². The average molecular weight is 215 g/mol. The first-order valence-corrected chi connectivity index (χ1v) is 6.47. The molecule has 0 atom stereocenters. The maximum absolute atomic E-state index is 2.58. The van der Waals surface area contributed by atoms with E-state index < -0.39 is 0 Å². The summed E-state index contributed by atoms with van der Waals surface area (Å²) in [5.74, 6) is 0. The summed E-state index contributed by atoms with van der Waals surface area (Å²) < 4.78 is 0. The second-order valence-electron chi connectivity index (χ2n) is 5.79. The van der Waals surface area contributed by atoms with E-state index in [1.54, 1.807) is 5.56 Å². The van der Waals surface area contributed by atoms with Gasteiger partial charge in [0.1, 0.15) is 0 Å². The van der Waals surface area contributed by atoms with Crippen LogP contribution >= 0.6 is 0 Å². The van der Waals surface area contributed by atoms with Crippen molar-refractivity contribution < 1.29 is 0 Å². The Morgan fingerprint density at radius 1 is 1.19 bits per heavy atom. The van der Waals surface area contributed by atoms with Crippen LogP contribution in [0.25, 0.3) is 0 Å². The summed E-state index contributed by atoms with van der Waals surface area (Å²) in [6.07, 6.45) is 5.60. The minimum atomic E-state index is 0.505. The molecule has 0 N–H and O–H groups in total. The van der Waals surface area contributed by atoms with Crippen LogP contribution in [-0.2, 0) is 5.41 Å². The van der Waals surface area contributed by atoms with Gasteiger partial charge in [-0.05, 0) is 45.2 Å². The van der Waals surface area contributed by atoms with Gasteiger partial charge in [-0.1, -0.05) is 29.8 Å². The van der Waals surface area contributed by atoms with E-state index in [2.05, 4.69) is 43.1 Å². The molecule has 1 aromatic rings. The molecular weight excluding hydrogens is 194 g/mol. The van der Waals surface area contributed by atoms with Crippen molar-refractivity contribution in [1.82, 2.24) is 4.90 Å². The van der Waals surface area contributed by atoms with Crippen LogP contribution in [0.5, 0.6) is 0 Å². The van der Waals surface area contributed by atoms with E-state index in [9.17, 15) is 0 Å². The van der Waals surface area contributed by atoms with E-state index in [0.29, 0.717) is 5.41 Å². The SMILES string of the molecule is Cc1ccc(C2(CN(C)C3CC3)CC2)cc1. The fraction of sp³-hybridized carbons (Fsp3) is 0.600. The second-order valence-corrected chi connectivity index (χ2v) is 5.79. The van der Waals surface area contributed by atoms with Gasteiger partial charge in [0.25, 0.3) is 0 Å². The molecule has 2 aliphatic rings. The molecule has 0 spiro atoms. The predicted molar refractivity (Wildman–Crippen MR) is 67.7 cm³/mol. The molecule has 0 aromatic heterocycles. The molecule has 16 heavy (non-hydrogen) atoms. The first kappa shape index (κ1) is 10.3. The summed E-state index contributed by atoms with van der Waals surface area (Å²) in [5.41, 5.74) is 3.44. The van der Waals surface area contributed by atoms with E-state index in [-0.39, 0.29) is 0 Å². The fourth-order valence-electron chi connectivity index (χ4n) is 2.72. The first-order valence-electron chi connectivity index (χ1n) is 6.47. The van der Waals surface area contributed by atoms with Crippen molar-refractivity contribution in [2.24, 2.45) is 0 Å². The highest BCUT2D eigenvalue weighted by Gasteiger charge is 2.46. The molecular formula is C15H21N. The smallest absolute Gasteiger partial charge is 0.00937 e. The summed E-state index contributed by atoms with van der Waals surface area (Å²) in [4.78, 5) is 2.58. The topological polar surface area (TPSA) is 3.24 Å². The normalized spacial score (nSPS) is 22.4. The van der Waals surface area contributed by atoms with E-state index in [1.165, 1.54) is 37.8 Å². The van der Waals surface area contributed by atoms with E-state index >= 15 is 0 Å². The van der Waals surface area contributed by atoms with E-state index in [1.807, 2.05) is 0 Å². The van der Waals surface area contributed by atoms with Crippen LogP contribution in [0.4, 0.5) is 0 Å². The van der Waals surface area contributed by atoms with Crippen molar-refractivity contribution in [3.8, 4) is 0 Å². The summed E-state index contributed by atoms with van der Waals surface area (Å²) in [6.45, 7) is 3.43. The Kier molecular flexibility index (Phi) is 2.32. The summed E-state index contributed by atoms with van der Waals surface area (Å²) >= 11 is 0. The van der Waals surface area contributed by atoms with Gasteiger partial charge in [-0.15, -0.1) is 0 Å². The minimum absolute atomic E-state index is 0.505. The van der Waals surface area contributed by atoms with Gasteiger partial charge < -0.3 is 4.90 Å². The minimum Gasteiger partial charge on any atom is -0.303 e. The van der Waals surface area contributed by atoms with Gasteiger partial charge in [0.2, 0.25) is 0 Å². The lowest BCUT2D eigenvalue weighted by Crippen LogP contribution is -2.30. The van der Waals surface area contributed by atoms with Crippen LogP contribution in [0.3, 0.4) is 0 Å². The van der Waals surface area contributed by atoms with Crippen molar-refractivity contribution in [2.75, 3.05) is 13.6 Å². The fourth-order valence-corrected chi connectivity index (χ4v) is 2.72. The van der Waals surface area contributed by atoms with Crippen LogP contribution in [0, 0.1) is 6.92 Å². The van der Waals surface area contributed by atoms with E-state index in [0.717, 1.165) is 6.04 Å². The van der Waals surface area contributed by atoms with Gasteiger partial charge in [-0.25, -0.2) is 0 Å². The highest BCUT2D eigenvalue weighted by molar-refractivity contribution is 5.34. The van der Waals surface area contributed by atoms with Crippen LogP contribution < -0.4 is 0 Å². The number of aryl methyl sites for hydroxylation is 1. The number of hydrogen-bond acceptors (Lipinski definition) is 1. The number of rotatable bonds is 4. The Balaban J connectivity index is 1.74. The van der Waals surface area contributed by atoms with Crippen LogP contribution in [-0.4, -0.2) is 24.5 Å². The van der Waals surface area contributed by atoms with Gasteiger partial charge in [0.05, 0.1) is 0 Å². The lowest BCUT2D eigenvalue weighted by molar-refractivity contribution is 0.292. The average Bonchev–Trinajstić information content (AvgIpc) is 3.13. The van der Waals surface area contributed by atoms with Gasteiger partial charge in [-0.3, -0.25) is 0 Å². The molecule has 1 nitrogen and oxygen atoms in total. The third kappa shape index (κ3) is 1.89. The zero-order chi connectivity index (χ0) is 11.2. The quantitative estimate of drug-likeness (QED) is 0.746. The largest absolute Gasteiger partial charge is 0.303 e. The molecule has 86 valence electrons. The molecule has 2 fully saturated rings. The monoisotopic (exact) mass is 215 g/mol. The molecule has 0 saturated heterocycles. The second kappa shape index (κ2) is 3.59. The lowest BCUT2D eigenvalue weighted by atomic mass is 9.94. The van der Waals surface area contributed by atoms with Gasteiger partial charge in [0.15, 0.2) is 0 Å². The number of hydrogen-bond donors (Lipinski definition) is 0. The van der Waals surface area contributed by atoms with Crippen molar-refractivity contribution in [2.45, 2.75) is 44.1 Å². The third-order valence-electron chi connectivity index (χ3n) is 4.24. The molecule has 0 amide bonds. The maximum atomic E-state index is 2.58. The Morgan fingerprint density at radius 2 is 1.81 bits per heavy atom. The zero-order valence-electron chi connectivity index (χ0n) is 10.4. The molecule has 1 aromatic carbocycles. The van der Waals surface area contributed by atoms with Crippen molar-refractivity contribution in [3.63, 3.8) is 0 Å². The van der Waals surface area contributed by atoms with Gasteiger partial charge in [0, 0.05) is 18.0 Å². The van der Waals surface area contributed by atoms with Crippen LogP contribution in [0.15, 0.2) is 24.3 Å². The van der Waals surface area contributed by atoms with Crippen LogP contribution in [0.1, 0.15) is 36.8 Å². The molecule has 0 heterocycles. The van der Waals surface area contributed by atoms with E-state index in [4.69, 9.17) is 0 Å². The van der Waals surface area contributed by atoms with Crippen molar-refractivity contribution in [1.29, 1.82) is 0 Å². The summed E-state index contributed by atoms with van der Waals surface area (Å²) in [5, 5.41) is 0. The van der Waals surface area contributed by atoms with Gasteiger partial charge >= 0.3 is 0 Å².